The fraction of sp³-hybridized carbons (Fsp3) is 0.556. The Kier molecular flexibility index (Phi) is 10.3. The number of likely N-dealkylation sites (tertiary alicyclic amines) is 1. The standard InChI is InChI=1S/C22H26ClN5O2.C5H12O2/c1-22(2,3)30-21(29)27-7-4-5-15(14-27)9-17-11-24-12-18(26-17)19-13-25-20-10-16(23)6-8-28(19)20;1-5(2)7-4-3-6/h6,8,10-13,15H,4-5,7,9,14H2,1-3H3;5-6H,3-4H2,1-2H3/t15-;/m0./s1. The third kappa shape index (κ3) is 8.94. The van der Waals surface area contributed by atoms with E-state index in [1.807, 2.05) is 62.2 Å². The van der Waals surface area contributed by atoms with Crippen molar-refractivity contribution in [2.45, 2.75) is 65.6 Å². The molecule has 1 amide bonds. The number of hydrogen-bond donors (Lipinski definition) is 1. The highest BCUT2D eigenvalue weighted by Crippen LogP contribution is 2.24. The Bertz CT molecular complexity index is 1160. The number of amides is 1. The molecule has 0 unspecified atom stereocenters. The number of carbonyl (C=O) groups is 1. The topological polar surface area (TPSA) is 102 Å². The van der Waals surface area contributed by atoms with Gasteiger partial charge in [-0.3, -0.25) is 9.38 Å². The number of piperidine rings is 1. The molecule has 0 saturated carbocycles. The third-order valence-corrected chi connectivity index (χ3v) is 5.87. The van der Waals surface area contributed by atoms with Crippen molar-refractivity contribution < 1.29 is 19.4 Å². The van der Waals surface area contributed by atoms with Gasteiger partial charge in [0.2, 0.25) is 0 Å². The SMILES string of the molecule is CC(C)(C)OC(=O)N1CCC[C@@H](Cc2cncc(-c3cnc4cc(Cl)ccn34)n2)C1.CC(C)OCCO. The van der Waals surface area contributed by atoms with Crippen molar-refractivity contribution in [3.05, 3.63) is 47.6 Å². The lowest BCUT2D eigenvalue weighted by molar-refractivity contribution is 0.0165. The van der Waals surface area contributed by atoms with Crippen LogP contribution in [0.5, 0.6) is 0 Å². The van der Waals surface area contributed by atoms with Crippen LogP contribution in [0.25, 0.3) is 17.0 Å². The highest BCUT2D eigenvalue weighted by atomic mass is 35.5. The molecule has 1 aliphatic heterocycles. The summed E-state index contributed by atoms with van der Waals surface area (Å²) in [6.07, 6.45) is 10.0. The smallest absolute Gasteiger partial charge is 0.410 e. The first-order chi connectivity index (χ1) is 17.6. The van der Waals surface area contributed by atoms with Gasteiger partial charge in [-0.1, -0.05) is 11.6 Å². The molecule has 1 saturated heterocycles. The molecule has 1 aliphatic rings. The Morgan fingerprint density at radius 3 is 2.73 bits per heavy atom. The molecule has 0 spiro atoms. The summed E-state index contributed by atoms with van der Waals surface area (Å²) in [5.41, 5.74) is 2.83. The van der Waals surface area contributed by atoms with E-state index in [1.165, 1.54) is 0 Å². The van der Waals surface area contributed by atoms with Gasteiger partial charge >= 0.3 is 6.09 Å². The number of rotatable bonds is 6. The van der Waals surface area contributed by atoms with Crippen LogP contribution in [0.2, 0.25) is 5.02 Å². The lowest BCUT2D eigenvalue weighted by Gasteiger charge is -2.34. The van der Waals surface area contributed by atoms with Crippen LogP contribution in [0.15, 0.2) is 36.9 Å². The maximum absolute atomic E-state index is 12.4. The van der Waals surface area contributed by atoms with Crippen molar-refractivity contribution in [1.29, 1.82) is 0 Å². The molecular weight excluding hydrogens is 494 g/mol. The van der Waals surface area contributed by atoms with Gasteiger partial charge in [0, 0.05) is 36.6 Å². The lowest BCUT2D eigenvalue weighted by Crippen LogP contribution is -2.43. The summed E-state index contributed by atoms with van der Waals surface area (Å²) in [4.78, 5) is 27.9. The summed E-state index contributed by atoms with van der Waals surface area (Å²) < 4.78 is 12.4. The molecule has 0 bridgehead atoms. The predicted octanol–water partition coefficient (Wildman–Crippen LogP) is 5.04. The highest BCUT2D eigenvalue weighted by Gasteiger charge is 2.28. The lowest BCUT2D eigenvalue weighted by atomic mass is 9.93. The second-order valence-electron chi connectivity index (χ2n) is 10.4. The minimum atomic E-state index is -0.484. The van der Waals surface area contributed by atoms with Gasteiger partial charge in [-0.05, 0) is 65.9 Å². The number of imidazole rings is 1. The molecule has 1 N–H and O–H groups in total. The zero-order valence-corrected chi connectivity index (χ0v) is 23.1. The summed E-state index contributed by atoms with van der Waals surface area (Å²) in [5, 5.41) is 8.83. The largest absolute Gasteiger partial charge is 0.444 e. The van der Waals surface area contributed by atoms with Crippen LogP contribution < -0.4 is 0 Å². The Balaban J connectivity index is 0.000000479. The van der Waals surface area contributed by atoms with Gasteiger partial charge < -0.3 is 19.5 Å². The molecule has 0 aliphatic carbocycles. The minimum absolute atomic E-state index is 0.123. The fourth-order valence-corrected chi connectivity index (χ4v) is 4.24. The predicted molar refractivity (Wildman–Crippen MR) is 144 cm³/mol. The molecule has 10 heteroatoms. The van der Waals surface area contributed by atoms with Gasteiger partial charge in [0.15, 0.2) is 0 Å². The molecule has 1 atom stereocenters. The van der Waals surface area contributed by atoms with Crippen molar-refractivity contribution in [1.82, 2.24) is 24.3 Å². The maximum Gasteiger partial charge on any atom is 0.410 e. The number of aliphatic hydroxyl groups excluding tert-OH is 1. The number of fused-ring (bicyclic) bond motifs is 1. The van der Waals surface area contributed by atoms with Crippen LogP contribution >= 0.6 is 11.6 Å². The first-order valence-corrected chi connectivity index (χ1v) is 13.1. The van der Waals surface area contributed by atoms with Crippen molar-refractivity contribution in [3.8, 4) is 11.4 Å². The molecule has 0 radical (unpaired) electrons. The average molecular weight is 532 g/mol. The van der Waals surface area contributed by atoms with E-state index < -0.39 is 5.60 Å². The van der Waals surface area contributed by atoms with Gasteiger partial charge in [0.25, 0.3) is 0 Å². The number of nitrogens with zero attached hydrogens (tertiary/aromatic N) is 5. The molecule has 3 aromatic rings. The van der Waals surface area contributed by atoms with E-state index in [2.05, 4.69) is 9.97 Å². The van der Waals surface area contributed by atoms with E-state index in [4.69, 9.17) is 31.2 Å². The first-order valence-electron chi connectivity index (χ1n) is 12.7. The van der Waals surface area contributed by atoms with Crippen LogP contribution in [-0.4, -0.2) is 73.5 Å². The minimum Gasteiger partial charge on any atom is -0.444 e. The van der Waals surface area contributed by atoms with Gasteiger partial charge in [-0.15, -0.1) is 0 Å². The van der Waals surface area contributed by atoms with Crippen molar-refractivity contribution >= 4 is 23.3 Å². The average Bonchev–Trinajstić information content (AvgIpc) is 3.25. The summed E-state index contributed by atoms with van der Waals surface area (Å²) in [6.45, 7) is 11.5. The van der Waals surface area contributed by atoms with Crippen LogP contribution in [0.1, 0.15) is 53.2 Å². The van der Waals surface area contributed by atoms with Gasteiger partial charge in [0.05, 0.1) is 43.1 Å². The van der Waals surface area contributed by atoms with Gasteiger partial charge in [0.1, 0.15) is 16.9 Å². The van der Waals surface area contributed by atoms with E-state index in [1.54, 1.807) is 18.6 Å². The Labute approximate surface area is 223 Å². The fourth-order valence-electron chi connectivity index (χ4n) is 4.08. The van der Waals surface area contributed by atoms with E-state index >= 15 is 0 Å². The zero-order chi connectivity index (χ0) is 27.0. The molecule has 9 nitrogen and oxygen atoms in total. The van der Waals surface area contributed by atoms with E-state index in [0.29, 0.717) is 24.1 Å². The molecular formula is C27H38ClN5O4. The highest BCUT2D eigenvalue weighted by molar-refractivity contribution is 6.30. The number of pyridine rings is 1. The molecule has 1 fully saturated rings. The number of ether oxygens (including phenoxy) is 2. The van der Waals surface area contributed by atoms with Crippen LogP contribution in [0, 0.1) is 5.92 Å². The van der Waals surface area contributed by atoms with Gasteiger partial charge in [-0.2, -0.15) is 0 Å². The number of halogens is 1. The molecule has 4 rings (SSSR count). The molecule has 0 aromatic carbocycles. The zero-order valence-electron chi connectivity index (χ0n) is 22.4. The van der Waals surface area contributed by atoms with Gasteiger partial charge in [-0.25, -0.2) is 14.8 Å². The van der Waals surface area contributed by atoms with E-state index in [9.17, 15) is 4.79 Å². The first kappa shape index (κ1) is 28.8. The molecule has 37 heavy (non-hydrogen) atoms. The number of carbonyl (C=O) groups excluding carboxylic acids is 1. The quantitative estimate of drug-likeness (QED) is 0.475. The molecule has 4 heterocycles. The summed E-state index contributed by atoms with van der Waals surface area (Å²) in [7, 11) is 0. The monoisotopic (exact) mass is 531 g/mol. The van der Waals surface area contributed by atoms with Crippen molar-refractivity contribution in [3.63, 3.8) is 0 Å². The van der Waals surface area contributed by atoms with Crippen molar-refractivity contribution in [2.75, 3.05) is 26.3 Å². The van der Waals surface area contributed by atoms with E-state index in [0.717, 1.165) is 48.5 Å². The maximum atomic E-state index is 12.4. The second kappa shape index (κ2) is 13.2. The number of hydrogen-bond acceptors (Lipinski definition) is 7. The molecule has 202 valence electrons. The Morgan fingerprint density at radius 1 is 1.27 bits per heavy atom. The number of aromatic nitrogens is 4. The van der Waals surface area contributed by atoms with Crippen LogP contribution in [-0.2, 0) is 15.9 Å². The Hall–Kier alpha value is -2.75. The van der Waals surface area contributed by atoms with Crippen LogP contribution in [0.3, 0.4) is 0 Å². The summed E-state index contributed by atoms with van der Waals surface area (Å²) in [5.74, 6) is 0.330. The van der Waals surface area contributed by atoms with Crippen molar-refractivity contribution in [2.24, 2.45) is 5.92 Å². The summed E-state index contributed by atoms with van der Waals surface area (Å²) >= 11 is 6.06. The van der Waals surface area contributed by atoms with E-state index in [-0.39, 0.29) is 18.8 Å². The Morgan fingerprint density at radius 2 is 2.05 bits per heavy atom. The summed E-state index contributed by atoms with van der Waals surface area (Å²) in [6, 6.07) is 3.64. The third-order valence-electron chi connectivity index (χ3n) is 5.63. The number of aliphatic hydroxyl groups is 1. The van der Waals surface area contributed by atoms with Crippen LogP contribution in [0.4, 0.5) is 4.79 Å². The molecule has 3 aromatic heterocycles. The normalized spacial score (nSPS) is 16.0. The second-order valence-corrected chi connectivity index (χ2v) is 10.8.